The van der Waals surface area contributed by atoms with E-state index in [9.17, 15) is 5.11 Å². The van der Waals surface area contributed by atoms with Crippen LogP contribution in [0, 0.1) is 5.92 Å². The molecular formula is C15H15ClN2O. The highest BCUT2D eigenvalue weighted by molar-refractivity contribution is 6.30. The third kappa shape index (κ3) is 2.62. The van der Waals surface area contributed by atoms with Gasteiger partial charge in [0.1, 0.15) is 0 Å². The molecule has 0 radical (unpaired) electrons. The first-order chi connectivity index (χ1) is 9.18. The van der Waals surface area contributed by atoms with Crippen LogP contribution in [-0.4, -0.2) is 15.1 Å². The van der Waals surface area contributed by atoms with E-state index < -0.39 is 5.60 Å². The largest absolute Gasteiger partial charge is 0.384 e. The Morgan fingerprint density at radius 1 is 1.21 bits per heavy atom. The van der Waals surface area contributed by atoms with Gasteiger partial charge in [-0.05, 0) is 36.5 Å². The minimum absolute atomic E-state index is 0.302. The molecule has 1 saturated carbocycles. The first kappa shape index (κ1) is 12.6. The van der Waals surface area contributed by atoms with Gasteiger partial charge in [0.2, 0.25) is 0 Å². The van der Waals surface area contributed by atoms with Crippen molar-refractivity contribution >= 4 is 11.6 Å². The molecule has 0 saturated heterocycles. The molecule has 1 unspecified atom stereocenters. The Hall–Kier alpha value is -1.45. The van der Waals surface area contributed by atoms with Gasteiger partial charge in [0.25, 0.3) is 0 Å². The Morgan fingerprint density at radius 3 is 2.53 bits per heavy atom. The molecule has 0 spiro atoms. The van der Waals surface area contributed by atoms with Gasteiger partial charge in [-0.1, -0.05) is 23.7 Å². The molecule has 0 bridgehead atoms. The summed E-state index contributed by atoms with van der Waals surface area (Å²) in [5.74, 6) is 0.302. The second-order valence-electron chi connectivity index (χ2n) is 5.08. The number of rotatable bonds is 4. The molecule has 1 aliphatic rings. The number of hydrogen-bond donors (Lipinski definition) is 1. The van der Waals surface area contributed by atoms with Crippen LogP contribution in [0.25, 0.3) is 0 Å². The smallest absolute Gasteiger partial charge is 0.0980 e. The zero-order valence-electron chi connectivity index (χ0n) is 10.5. The van der Waals surface area contributed by atoms with Crippen LogP contribution in [0.3, 0.4) is 0 Å². The summed E-state index contributed by atoms with van der Waals surface area (Å²) in [5.41, 5.74) is 0.859. The molecule has 2 aromatic rings. The van der Waals surface area contributed by atoms with Crippen molar-refractivity contribution in [3.05, 3.63) is 59.1 Å². The van der Waals surface area contributed by atoms with Crippen LogP contribution in [-0.2, 0) is 12.0 Å². The van der Waals surface area contributed by atoms with Crippen molar-refractivity contribution in [1.29, 1.82) is 0 Å². The first-order valence-corrected chi connectivity index (χ1v) is 6.79. The average molecular weight is 275 g/mol. The maximum absolute atomic E-state index is 11.1. The third-order valence-corrected chi connectivity index (χ3v) is 3.92. The van der Waals surface area contributed by atoms with Crippen molar-refractivity contribution in [2.75, 3.05) is 0 Å². The summed E-state index contributed by atoms with van der Waals surface area (Å²) in [5, 5.41) is 11.7. The minimum Gasteiger partial charge on any atom is -0.384 e. The summed E-state index contributed by atoms with van der Waals surface area (Å²) in [6.07, 6.45) is 7.61. The molecule has 0 aliphatic heterocycles. The Morgan fingerprint density at radius 2 is 1.95 bits per heavy atom. The van der Waals surface area contributed by atoms with Crippen molar-refractivity contribution in [2.45, 2.75) is 24.9 Å². The van der Waals surface area contributed by atoms with Crippen LogP contribution in [0.1, 0.15) is 24.1 Å². The monoisotopic (exact) mass is 274 g/mol. The normalized spacial score (nSPS) is 18.0. The highest BCUT2D eigenvalue weighted by atomic mass is 35.5. The Kier molecular flexibility index (Phi) is 3.25. The summed E-state index contributed by atoms with van der Waals surface area (Å²) in [6, 6.07) is 7.44. The first-order valence-electron chi connectivity index (χ1n) is 6.42. The number of halogens is 1. The number of benzene rings is 1. The molecule has 4 heteroatoms. The zero-order valence-corrected chi connectivity index (χ0v) is 11.2. The molecule has 19 heavy (non-hydrogen) atoms. The third-order valence-electron chi connectivity index (χ3n) is 3.66. The highest BCUT2D eigenvalue weighted by Crippen LogP contribution is 2.47. The van der Waals surface area contributed by atoms with E-state index in [2.05, 4.69) is 9.97 Å². The van der Waals surface area contributed by atoms with E-state index in [1.54, 1.807) is 18.6 Å². The maximum atomic E-state index is 11.1. The zero-order chi connectivity index (χ0) is 13.3. The molecule has 0 amide bonds. The number of nitrogens with zero attached hydrogens (tertiary/aromatic N) is 2. The Bertz CT molecular complexity index is 554. The molecule has 3 rings (SSSR count). The predicted octanol–water partition coefficient (Wildman–Crippen LogP) is 2.97. The van der Waals surface area contributed by atoms with Gasteiger partial charge in [-0.25, -0.2) is 0 Å². The fourth-order valence-electron chi connectivity index (χ4n) is 2.48. The fraction of sp³-hybridized carbons (Fsp3) is 0.333. The number of aliphatic hydroxyl groups is 1. The average Bonchev–Trinajstić information content (AvgIpc) is 3.25. The molecule has 1 N–H and O–H groups in total. The van der Waals surface area contributed by atoms with Crippen LogP contribution in [0.4, 0.5) is 0 Å². The van der Waals surface area contributed by atoms with Crippen molar-refractivity contribution in [3.63, 3.8) is 0 Å². The van der Waals surface area contributed by atoms with E-state index in [1.807, 2.05) is 24.3 Å². The maximum Gasteiger partial charge on any atom is 0.0980 e. The Balaban J connectivity index is 1.93. The molecule has 1 aromatic carbocycles. The minimum atomic E-state index is -0.860. The lowest BCUT2D eigenvalue weighted by molar-refractivity contribution is 0.0121. The van der Waals surface area contributed by atoms with Gasteiger partial charge >= 0.3 is 0 Å². The van der Waals surface area contributed by atoms with Crippen LogP contribution in [0.5, 0.6) is 0 Å². The summed E-state index contributed by atoms with van der Waals surface area (Å²) in [7, 11) is 0. The van der Waals surface area contributed by atoms with Crippen LogP contribution >= 0.6 is 11.6 Å². The summed E-state index contributed by atoms with van der Waals surface area (Å²) < 4.78 is 0. The molecule has 98 valence electrons. The second kappa shape index (κ2) is 4.91. The lowest BCUT2D eigenvalue weighted by atomic mass is 9.84. The lowest BCUT2D eigenvalue weighted by Gasteiger charge is -2.28. The number of hydrogen-bond acceptors (Lipinski definition) is 3. The van der Waals surface area contributed by atoms with Crippen LogP contribution in [0.15, 0.2) is 42.9 Å². The Labute approximate surface area is 117 Å². The van der Waals surface area contributed by atoms with Gasteiger partial charge in [-0.15, -0.1) is 0 Å². The second-order valence-corrected chi connectivity index (χ2v) is 5.52. The van der Waals surface area contributed by atoms with Crippen LogP contribution in [0.2, 0.25) is 5.02 Å². The molecular weight excluding hydrogens is 260 g/mol. The van der Waals surface area contributed by atoms with Gasteiger partial charge in [-0.3, -0.25) is 9.97 Å². The van der Waals surface area contributed by atoms with E-state index in [0.717, 1.165) is 24.1 Å². The quantitative estimate of drug-likeness (QED) is 0.932. The van der Waals surface area contributed by atoms with Crippen LogP contribution < -0.4 is 0 Å². The lowest BCUT2D eigenvalue weighted by Crippen LogP contribution is -2.31. The van der Waals surface area contributed by atoms with Crippen molar-refractivity contribution in [3.8, 4) is 0 Å². The van der Waals surface area contributed by atoms with E-state index >= 15 is 0 Å². The van der Waals surface area contributed by atoms with E-state index in [1.165, 1.54) is 0 Å². The highest BCUT2D eigenvalue weighted by Gasteiger charge is 2.45. The molecule has 3 nitrogen and oxygen atoms in total. The van der Waals surface area contributed by atoms with Gasteiger partial charge in [0.05, 0.1) is 11.3 Å². The van der Waals surface area contributed by atoms with Gasteiger partial charge in [0.15, 0.2) is 0 Å². The molecule has 1 aliphatic carbocycles. The van der Waals surface area contributed by atoms with Gasteiger partial charge in [0, 0.05) is 30.0 Å². The standard InChI is InChI=1S/C15H15ClN2O/c16-13-5-3-12(4-6-13)15(19,11-1-2-11)9-14-10-17-7-8-18-14/h3-8,10-11,19H,1-2,9H2. The summed E-state index contributed by atoms with van der Waals surface area (Å²) in [6.45, 7) is 0. The topological polar surface area (TPSA) is 46.0 Å². The molecule has 1 aromatic heterocycles. The van der Waals surface area contributed by atoms with Gasteiger partial charge < -0.3 is 5.11 Å². The molecule has 1 heterocycles. The fourth-order valence-corrected chi connectivity index (χ4v) is 2.60. The van der Waals surface area contributed by atoms with E-state index in [0.29, 0.717) is 17.4 Å². The van der Waals surface area contributed by atoms with Crippen molar-refractivity contribution in [1.82, 2.24) is 9.97 Å². The number of aromatic nitrogens is 2. The van der Waals surface area contributed by atoms with Crippen molar-refractivity contribution < 1.29 is 5.11 Å². The SMILES string of the molecule is OC(Cc1cnccn1)(c1ccc(Cl)cc1)C1CC1. The van der Waals surface area contributed by atoms with E-state index in [4.69, 9.17) is 11.6 Å². The molecule has 1 atom stereocenters. The van der Waals surface area contributed by atoms with Gasteiger partial charge in [-0.2, -0.15) is 0 Å². The molecule has 1 fully saturated rings. The summed E-state index contributed by atoms with van der Waals surface area (Å²) >= 11 is 5.91. The predicted molar refractivity (Wildman–Crippen MR) is 73.8 cm³/mol. The van der Waals surface area contributed by atoms with Crippen molar-refractivity contribution in [2.24, 2.45) is 5.92 Å². The summed E-state index contributed by atoms with van der Waals surface area (Å²) in [4.78, 5) is 8.33. The van der Waals surface area contributed by atoms with E-state index in [-0.39, 0.29) is 0 Å².